The minimum absolute atomic E-state index is 0.273. The molecular formula is C14H19N3O. The van der Waals surface area contributed by atoms with E-state index in [1.165, 1.54) is 5.56 Å². The number of nitrogens with two attached hydrogens (primary N) is 1. The molecule has 1 aromatic heterocycles. The van der Waals surface area contributed by atoms with Crippen LogP contribution in [0.2, 0.25) is 0 Å². The van der Waals surface area contributed by atoms with Crippen LogP contribution in [-0.4, -0.2) is 10.1 Å². The quantitative estimate of drug-likeness (QED) is 0.903. The van der Waals surface area contributed by atoms with E-state index in [-0.39, 0.29) is 6.54 Å². The van der Waals surface area contributed by atoms with Gasteiger partial charge in [0.05, 0.1) is 6.54 Å². The predicted molar refractivity (Wildman–Crippen MR) is 70.8 cm³/mol. The second kappa shape index (κ2) is 4.90. The average Bonchev–Trinajstić information content (AvgIpc) is 2.76. The lowest BCUT2D eigenvalue weighted by molar-refractivity contribution is 0.380. The van der Waals surface area contributed by atoms with Crippen molar-refractivity contribution in [3.05, 3.63) is 35.7 Å². The highest BCUT2D eigenvalue weighted by atomic mass is 16.5. The summed E-state index contributed by atoms with van der Waals surface area (Å²) in [4.78, 5) is 4.20. The molecule has 0 amide bonds. The van der Waals surface area contributed by atoms with Crippen LogP contribution in [0.4, 0.5) is 0 Å². The summed E-state index contributed by atoms with van der Waals surface area (Å²) in [5.74, 6) is 1.06. The van der Waals surface area contributed by atoms with E-state index in [2.05, 4.69) is 43.0 Å². The first-order valence-corrected chi connectivity index (χ1v) is 6.10. The third-order valence-corrected chi connectivity index (χ3v) is 2.59. The molecule has 0 radical (unpaired) electrons. The lowest BCUT2D eigenvalue weighted by Crippen LogP contribution is -2.08. The van der Waals surface area contributed by atoms with Crippen molar-refractivity contribution >= 4 is 0 Å². The van der Waals surface area contributed by atoms with Crippen molar-refractivity contribution in [3.63, 3.8) is 0 Å². The van der Waals surface area contributed by atoms with Crippen molar-refractivity contribution in [2.75, 3.05) is 0 Å². The van der Waals surface area contributed by atoms with Gasteiger partial charge in [-0.3, -0.25) is 0 Å². The van der Waals surface area contributed by atoms with Crippen LogP contribution in [0.3, 0.4) is 0 Å². The van der Waals surface area contributed by atoms with E-state index < -0.39 is 0 Å². The molecular weight excluding hydrogens is 226 g/mol. The van der Waals surface area contributed by atoms with Crippen molar-refractivity contribution in [2.45, 2.75) is 33.7 Å². The van der Waals surface area contributed by atoms with Gasteiger partial charge in [-0.05, 0) is 17.4 Å². The Balaban J connectivity index is 2.17. The summed E-state index contributed by atoms with van der Waals surface area (Å²) in [6, 6.07) is 8.26. The zero-order valence-corrected chi connectivity index (χ0v) is 11.1. The highest BCUT2D eigenvalue weighted by Gasteiger charge is 2.12. The van der Waals surface area contributed by atoms with Crippen LogP contribution in [0.15, 0.2) is 28.8 Å². The molecule has 1 aromatic carbocycles. The van der Waals surface area contributed by atoms with Crippen molar-refractivity contribution in [2.24, 2.45) is 11.1 Å². The molecule has 0 aliphatic carbocycles. The molecule has 4 nitrogen and oxygen atoms in total. The molecule has 1 heterocycles. The summed E-state index contributed by atoms with van der Waals surface area (Å²) < 4.78 is 4.99. The minimum atomic E-state index is 0.273. The van der Waals surface area contributed by atoms with Gasteiger partial charge in [0, 0.05) is 5.56 Å². The van der Waals surface area contributed by atoms with E-state index in [4.69, 9.17) is 10.3 Å². The summed E-state index contributed by atoms with van der Waals surface area (Å²) in [6.07, 6.45) is 1.05. The molecule has 0 unspecified atom stereocenters. The van der Waals surface area contributed by atoms with Crippen LogP contribution in [0.1, 0.15) is 32.2 Å². The molecule has 2 N–H and O–H groups in total. The maximum atomic E-state index is 5.44. The Morgan fingerprint density at radius 3 is 2.33 bits per heavy atom. The molecule has 0 saturated heterocycles. The van der Waals surface area contributed by atoms with Crippen molar-refractivity contribution in [1.82, 2.24) is 10.1 Å². The zero-order valence-electron chi connectivity index (χ0n) is 11.1. The Morgan fingerprint density at radius 1 is 1.17 bits per heavy atom. The normalized spacial score (nSPS) is 11.8. The zero-order chi connectivity index (χ0) is 13.2. The van der Waals surface area contributed by atoms with Gasteiger partial charge in [-0.1, -0.05) is 50.2 Å². The monoisotopic (exact) mass is 245 g/mol. The minimum Gasteiger partial charge on any atom is -0.338 e. The lowest BCUT2D eigenvalue weighted by atomic mass is 9.88. The molecule has 96 valence electrons. The van der Waals surface area contributed by atoms with Gasteiger partial charge in [-0.25, -0.2) is 0 Å². The fraction of sp³-hybridized carbons (Fsp3) is 0.429. The number of rotatable bonds is 3. The standard InChI is InChI=1S/C14H19N3O/c1-14(2,3)8-10-4-6-11(7-5-10)13-16-12(9-15)18-17-13/h4-7H,8-9,15H2,1-3H3. The summed E-state index contributed by atoms with van der Waals surface area (Å²) in [7, 11) is 0. The Labute approximate surface area is 107 Å². The second-order valence-electron chi connectivity index (χ2n) is 5.65. The van der Waals surface area contributed by atoms with Crippen molar-refractivity contribution < 1.29 is 4.52 Å². The van der Waals surface area contributed by atoms with Crippen LogP contribution < -0.4 is 5.73 Å². The smallest absolute Gasteiger partial charge is 0.240 e. The van der Waals surface area contributed by atoms with Crippen LogP contribution in [0, 0.1) is 5.41 Å². The molecule has 2 rings (SSSR count). The Hall–Kier alpha value is -1.68. The number of nitrogens with zero attached hydrogens (tertiary/aromatic N) is 2. The first kappa shape index (κ1) is 12.8. The van der Waals surface area contributed by atoms with Crippen LogP contribution in [-0.2, 0) is 13.0 Å². The van der Waals surface area contributed by atoms with Gasteiger partial charge in [0.15, 0.2) is 0 Å². The summed E-state index contributed by atoms with van der Waals surface area (Å²) in [5, 5.41) is 3.90. The molecule has 0 bridgehead atoms. The van der Waals surface area contributed by atoms with E-state index in [1.54, 1.807) is 0 Å². The van der Waals surface area contributed by atoms with Crippen LogP contribution >= 0.6 is 0 Å². The molecule has 0 atom stereocenters. The third kappa shape index (κ3) is 3.17. The number of benzene rings is 1. The van der Waals surface area contributed by atoms with Crippen LogP contribution in [0.5, 0.6) is 0 Å². The lowest BCUT2D eigenvalue weighted by Gasteiger charge is -2.17. The molecule has 0 saturated carbocycles. The molecule has 4 heteroatoms. The van der Waals surface area contributed by atoms with Crippen molar-refractivity contribution in [3.8, 4) is 11.4 Å². The van der Waals surface area contributed by atoms with Crippen molar-refractivity contribution in [1.29, 1.82) is 0 Å². The average molecular weight is 245 g/mol. The highest BCUT2D eigenvalue weighted by molar-refractivity contribution is 5.54. The Bertz CT molecular complexity index is 509. The van der Waals surface area contributed by atoms with E-state index in [9.17, 15) is 0 Å². The van der Waals surface area contributed by atoms with E-state index >= 15 is 0 Å². The fourth-order valence-electron chi connectivity index (χ4n) is 1.84. The summed E-state index contributed by atoms with van der Waals surface area (Å²) in [5.41, 5.74) is 8.00. The van der Waals surface area contributed by atoms with E-state index in [0.717, 1.165) is 12.0 Å². The summed E-state index contributed by atoms with van der Waals surface area (Å²) in [6.45, 7) is 6.96. The number of aromatic nitrogens is 2. The van der Waals surface area contributed by atoms with Gasteiger partial charge in [-0.2, -0.15) is 4.98 Å². The third-order valence-electron chi connectivity index (χ3n) is 2.59. The van der Waals surface area contributed by atoms with E-state index in [1.807, 2.05) is 12.1 Å². The number of hydrogen-bond donors (Lipinski definition) is 1. The molecule has 18 heavy (non-hydrogen) atoms. The first-order chi connectivity index (χ1) is 8.48. The SMILES string of the molecule is CC(C)(C)Cc1ccc(-c2noc(CN)n2)cc1. The maximum Gasteiger partial charge on any atom is 0.240 e. The second-order valence-corrected chi connectivity index (χ2v) is 5.65. The fourth-order valence-corrected chi connectivity index (χ4v) is 1.84. The van der Waals surface area contributed by atoms with Gasteiger partial charge < -0.3 is 10.3 Å². The van der Waals surface area contributed by atoms with Gasteiger partial charge in [0.2, 0.25) is 11.7 Å². The predicted octanol–water partition coefficient (Wildman–Crippen LogP) is 2.78. The maximum absolute atomic E-state index is 5.44. The molecule has 0 aliphatic heterocycles. The first-order valence-electron chi connectivity index (χ1n) is 6.10. The Kier molecular flexibility index (Phi) is 3.48. The van der Waals surface area contributed by atoms with Gasteiger partial charge in [-0.15, -0.1) is 0 Å². The molecule has 0 fully saturated rings. The molecule has 0 aliphatic rings. The largest absolute Gasteiger partial charge is 0.338 e. The summed E-state index contributed by atoms with van der Waals surface area (Å²) >= 11 is 0. The topological polar surface area (TPSA) is 64.9 Å². The van der Waals surface area contributed by atoms with E-state index in [0.29, 0.717) is 17.1 Å². The highest BCUT2D eigenvalue weighted by Crippen LogP contribution is 2.22. The van der Waals surface area contributed by atoms with Crippen LogP contribution in [0.25, 0.3) is 11.4 Å². The van der Waals surface area contributed by atoms with Gasteiger partial charge >= 0.3 is 0 Å². The van der Waals surface area contributed by atoms with Gasteiger partial charge in [0.25, 0.3) is 0 Å². The molecule has 0 spiro atoms. The molecule has 2 aromatic rings. The van der Waals surface area contributed by atoms with Gasteiger partial charge in [0.1, 0.15) is 0 Å². The Morgan fingerprint density at radius 2 is 1.83 bits per heavy atom. The number of hydrogen-bond acceptors (Lipinski definition) is 4.